The maximum absolute atomic E-state index is 13.5. The SMILES string of the molecule is Nc1ccsc1-c1cc2c(F)cccc2[nH]1. The van der Waals surface area contributed by atoms with Gasteiger partial charge in [-0.1, -0.05) is 6.07 Å². The van der Waals surface area contributed by atoms with Crippen LogP contribution in [0.3, 0.4) is 0 Å². The third-order valence-corrected chi connectivity index (χ3v) is 3.51. The Hall–Kier alpha value is -1.81. The molecule has 0 saturated heterocycles. The van der Waals surface area contributed by atoms with Gasteiger partial charge in [-0.15, -0.1) is 11.3 Å². The highest BCUT2D eigenvalue weighted by Gasteiger charge is 2.09. The van der Waals surface area contributed by atoms with E-state index in [1.165, 1.54) is 6.07 Å². The van der Waals surface area contributed by atoms with Gasteiger partial charge < -0.3 is 10.7 Å². The molecule has 80 valence electrons. The molecule has 0 aliphatic carbocycles. The third kappa shape index (κ3) is 1.31. The Labute approximate surface area is 95.5 Å². The molecule has 3 aromatic rings. The lowest BCUT2D eigenvalue weighted by Gasteiger charge is -1.93. The summed E-state index contributed by atoms with van der Waals surface area (Å²) in [6.45, 7) is 0. The van der Waals surface area contributed by atoms with Crippen LogP contribution in [0.25, 0.3) is 21.5 Å². The number of anilines is 1. The molecule has 0 atom stereocenters. The number of aromatic amines is 1. The minimum Gasteiger partial charge on any atom is -0.397 e. The van der Waals surface area contributed by atoms with Crippen molar-refractivity contribution in [3.05, 3.63) is 41.5 Å². The molecule has 0 bridgehead atoms. The fourth-order valence-electron chi connectivity index (χ4n) is 1.78. The third-order valence-electron chi connectivity index (χ3n) is 2.55. The fourth-order valence-corrected chi connectivity index (χ4v) is 2.57. The van der Waals surface area contributed by atoms with Crippen LogP contribution in [0.4, 0.5) is 10.1 Å². The normalized spacial score (nSPS) is 11.1. The minimum atomic E-state index is -0.213. The lowest BCUT2D eigenvalue weighted by atomic mass is 10.2. The second-order valence-corrected chi connectivity index (χ2v) is 4.51. The van der Waals surface area contributed by atoms with Gasteiger partial charge in [-0.2, -0.15) is 0 Å². The van der Waals surface area contributed by atoms with Crippen molar-refractivity contribution in [2.24, 2.45) is 0 Å². The van der Waals surface area contributed by atoms with E-state index in [9.17, 15) is 4.39 Å². The Balaban J connectivity index is 2.27. The summed E-state index contributed by atoms with van der Waals surface area (Å²) >= 11 is 1.55. The smallest absolute Gasteiger partial charge is 0.132 e. The summed E-state index contributed by atoms with van der Waals surface area (Å²) < 4.78 is 13.5. The number of H-pyrrole nitrogens is 1. The van der Waals surface area contributed by atoms with Crippen molar-refractivity contribution in [3.8, 4) is 10.6 Å². The molecule has 0 aliphatic heterocycles. The Morgan fingerprint density at radius 3 is 2.81 bits per heavy atom. The first-order valence-electron chi connectivity index (χ1n) is 4.86. The fraction of sp³-hybridized carbons (Fsp3) is 0. The average Bonchev–Trinajstić information content (AvgIpc) is 2.84. The zero-order valence-electron chi connectivity index (χ0n) is 8.33. The molecule has 3 rings (SSSR count). The zero-order valence-corrected chi connectivity index (χ0v) is 9.14. The van der Waals surface area contributed by atoms with Crippen molar-refractivity contribution in [2.75, 3.05) is 5.73 Å². The van der Waals surface area contributed by atoms with Gasteiger partial charge in [0.15, 0.2) is 0 Å². The predicted molar refractivity (Wildman–Crippen MR) is 66.0 cm³/mol. The van der Waals surface area contributed by atoms with Crippen molar-refractivity contribution in [1.29, 1.82) is 0 Å². The number of hydrogen-bond acceptors (Lipinski definition) is 2. The van der Waals surface area contributed by atoms with Gasteiger partial charge in [-0.05, 0) is 29.6 Å². The number of nitrogens with two attached hydrogens (primary N) is 1. The van der Waals surface area contributed by atoms with E-state index in [1.54, 1.807) is 23.5 Å². The average molecular weight is 232 g/mol. The van der Waals surface area contributed by atoms with Gasteiger partial charge >= 0.3 is 0 Å². The van der Waals surface area contributed by atoms with Gasteiger partial charge in [0.25, 0.3) is 0 Å². The number of halogens is 1. The summed E-state index contributed by atoms with van der Waals surface area (Å²) in [5.41, 5.74) is 8.21. The van der Waals surface area contributed by atoms with E-state index in [0.717, 1.165) is 21.8 Å². The molecule has 1 aromatic carbocycles. The number of benzene rings is 1. The second-order valence-electron chi connectivity index (χ2n) is 3.59. The summed E-state index contributed by atoms with van der Waals surface area (Å²) in [4.78, 5) is 4.12. The first-order chi connectivity index (χ1) is 7.75. The van der Waals surface area contributed by atoms with Gasteiger partial charge in [0.2, 0.25) is 0 Å². The lowest BCUT2D eigenvalue weighted by molar-refractivity contribution is 0.640. The van der Waals surface area contributed by atoms with Crippen molar-refractivity contribution >= 4 is 27.9 Å². The van der Waals surface area contributed by atoms with Gasteiger partial charge in [0, 0.05) is 10.9 Å². The first kappa shape index (κ1) is 9.42. The molecule has 2 aromatic heterocycles. The standard InChI is InChI=1S/C12H9FN2S/c13-8-2-1-3-10-7(8)6-11(15-10)12-9(14)4-5-16-12/h1-6,15H,14H2. The Morgan fingerprint density at radius 2 is 2.12 bits per heavy atom. The topological polar surface area (TPSA) is 41.8 Å². The molecule has 4 heteroatoms. The summed E-state index contributed by atoms with van der Waals surface area (Å²) in [5.74, 6) is -0.213. The number of fused-ring (bicyclic) bond motifs is 1. The van der Waals surface area contributed by atoms with Crippen LogP contribution in [-0.4, -0.2) is 4.98 Å². The zero-order chi connectivity index (χ0) is 11.1. The molecule has 0 amide bonds. The highest BCUT2D eigenvalue weighted by molar-refractivity contribution is 7.14. The number of aromatic nitrogens is 1. The van der Waals surface area contributed by atoms with Crippen LogP contribution in [0.2, 0.25) is 0 Å². The molecular weight excluding hydrogens is 223 g/mol. The van der Waals surface area contributed by atoms with Crippen molar-refractivity contribution in [3.63, 3.8) is 0 Å². The van der Waals surface area contributed by atoms with E-state index < -0.39 is 0 Å². The molecule has 0 fully saturated rings. The molecule has 2 heterocycles. The number of nitrogen functional groups attached to an aromatic ring is 1. The number of rotatable bonds is 1. The van der Waals surface area contributed by atoms with E-state index in [1.807, 2.05) is 17.5 Å². The van der Waals surface area contributed by atoms with Gasteiger partial charge in [0.05, 0.1) is 16.3 Å². The second kappa shape index (κ2) is 3.35. The van der Waals surface area contributed by atoms with Crippen LogP contribution in [0.5, 0.6) is 0 Å². The van der Waals surface area contributed by atoms with Crippen LogP contribution in [-0.2, 0) is 0 Å². The molecule has 0 spiro atoms. The largest absolute Gasteiger partial charge is 0.397 e. The highest BCUT2D eigenvalue weighted by atomic mass is 32.1. The summed E-state index contributed by atoms with van der Waals surface area (Å²) in [5, 5.41) is 2.53. The van der Waals surface area contributed by atoms with E-state index in [-0.39, 0.29) is 5.82 Å². The van der Waals surface area contributed by atoms with E-state index in [0.29, 0.717) is 5.39 Å². The van der Waals surface area contributed by atoms with E-state index in [2.05, 4.69) is 4.98 Å². The highest BCUT2D eigenvalue weighted by Crippen LogP contribution is 2.33. The summed E-state index contributed by atoms with van der Waals surface area (Å²) in [6.07, 6.45) is 0. The maximum atomic E-state index is 13.5. The molecular formula is C12H9FN2S. The molecule has 0 unspecified atom stereocenters. The summed E-state index contributed by atoms with van der Waals surface area (Å²) in [7, 11) is 0. The van der Waals surface area contributed by atoms with Crippen molar-refractivity contribution in [1.82, 2.24) is 4.98 Å². The first-order valence-corrected chi connectivity index (χ1v) is 5.74. The molecule has 2 nitrogen and oxygen atoms in total. The number of nitrogens with one attached hydrogen (secondary N) is 1. The maximum Gasteiger partial charge on any atom is 0.132 e. The molecule has 16 heavy (non-hydrogen) atoms. The van der Waals surface area contributed by atoms with Gasteiger partial charge in [0.1, 0.15) is 5.82 Å². The Kier molecular flexibility index (Phi) is 1.97. The van der Waals surface area contributed by atoms with Crippen molar-refractivity contribution in [2.45, 2.75) is 0 Å². The lowest BCUT2D eigenvalue weighted by Crippen LogP contribution is -1.83. The molecule has 0 aliphatic rings. The van der Waals surface area contributed by atoms with Crippen LogP contribution in [0.15, 0.2) is 35.7 Å². The Morgan fingerprint density at radius 1 is 1.25 bits per heavy atom. The quantitative estimate of drug-likeness (QED) is 0.661. The number of thiophene rings is 1. The summed E-state index contributed by atoms with van der Waals surface area (Å²) in [6, 6.07) is 8.65. The monoisotopic (exact) mass is 232 g/mol. The molecule has 0 saturated carbocycles. The van der Waals surface area contributed by atoms with Crippen LogP contribution in [0.1, 0.15) is 0 Å². The molecule has 0 radical (unpaired) electrons. The van der Waals surface area contributed by atoms with E-state index in [4.69, 9.17) is 5.73 Å². The number of hydrogen-bond donors (Lipinski definition) is 2. The predicted octanol–water partition coefficient (Wildman–Crippen LogP) is 3.62. The minimum absolute atomic E-state index is 0.213. The van der Waals surface area contributed by atoms with Crippen LogP contribution < -0.4 is 5.73 Å². The van der Waals surface area contributed by atoms with Crippen molar-refractivity contribution < 1.29 is 4.39 Å². The Bertz CT molecular complexity index is 654. The van der Waals surface area contributed by atoms with Gasteiger partial charge in [-0.3, -0.25) is 0 Å². The van der Waals surface area contributed by atoms with Gasteiger partial charge in [-0.25, -0.2) is 4.39 Å². The van der Waals surface area contributed by atoms with Crippen LogP contribution >= 0.6 is 11.3 Å². The van der Waals surface area contributed by atoms with E-state index >= 15 is 0 Å². The molecule has 3 N–H and O–H groups in total. The van der Waals surface area contributed by atoms with Crippen LogP contribution in [0, 0.1) is 5.82 Å².